The molecule has 126 valence electrons. The highest BCUT2D eigenvalue weighted by Gasteiger charge is 2.39. The molecule has 1 aromatic rings. The summed E-state index contributed by atoms with van der Waals surface area (Å²) in [7, 11) is 0. The van der Waals surface area contributed by atoms with Crippen LogP contribution in [-0.2, 0) is 6.18 Å². The molecule has 0 aromatic heterocycles. The standard InChI is InChI=1S/C12H11ClF3N3O4/c1-3-4-17(7(2)13)11-9(18(20)21)5-8(12(14,15)16)6-10(11)19(22)23/h3,5-7H,1,4H2,2H3. The molecule has 11 heteroatoms. The number of hydrogen-bond acceptors (Lipinski definition) is 5. The van der Waals surface area contributed by atoms with Crippen LogP contribution in [0, 0.1) is 20.2 Å². The number of benzene rings is 1. The Labute approximate surface area is 133 Å². The van der Waals surface area contributed by atoms with Crippen molar-refractivity contribution in [3.05, 3.63) is 50.6 Å². The molecule has 23 heavy (non-hydrogen) atoms. The summed E-state index contributed by atoms with van der Waals surface area (Å²) in [5.41, 5.74) is -5.15. The van der Waals surface area contributed by atoms with Crippen molar-refractivity contribution in [1.82, 2.24) is 0 Å². The van der Waals surface area contributed by atoms with Gasteiger partial charge in [-0.05, 0) is 6.92 Å². The molecule has 0 saturated carbocycles. The van der Waals surface area contributed by atoms with Crippen molar-refractivity contribution in [2.45, 2.75) is 18.6 Å². The van der Waals surface area contributed by atoms with Gasteiger partial charge in [0.2, 0.25) is 0 Å². The second-order valence-corrected chi connectivity index (χ2v) is 5.02. The second kappa shape index (κ2) is 6.82. The maximum atomic E-state index is 12.8. The Hall–Kier alpha value is -2.36. The average molecular weight is 354 g/mol. The molecule has 7 nitrogen and oxygen atoms in total. The molecule has 0 spiro atoms. The van der Waals surface area contributed by atoms with Gasteiger partial charge in [-0.3, -0.25) is 20.2 Å². The summed E-state index contributed by atoms with van der Waals surface area (Å²) in [5.74, 6) is 0. The molecule has 0 heterocycles. The molecular formula is C12H11ClF3N3O4. The van der Waals surface area contributed by atoms with Crippen LogP contribution in [0.4, 0.5) is 30.2 Å². The number of nitrogens with zero attached hydrogens (tertiary/aromatic N) is 3. The molecule has 0 fully saturated rings. The zero-order valence-electron chi connectivity index (χ0n) is 11.7. The fraction of sp³-hybridized carbons (Fsp3) is 0.333. The normalized spacial score (nSPS) is 12.6. The third-order valence-electron chi connectivity index (χ3n) is 2.83. The summed E-state index contributed by atoms with van der Waals surface area (Å²) in [6, 6.07) is 0.495. The van der Waals surface area contributed by atoms with Crippen molar-refractivity contribution >= 4 is 28.7 Å². The molecule has 1 unspecified atom stereocenters. The fourth-order valence-electron chi connectivity index (χ4n) is 1.89. The van der Waals surface area contributed by atoms with E-state index in [0.29, 0.717) is 0 Å². The van der Waals surface area contributed by atoms with Gasteiger partial charge in [0.05, 0.1) is 15.4 Å². The van der Waals surface area contributed by atoms with Crippen LogP contribution < -0.4 is 4.90 Å². The topological polar surface area (TPSA) is 89.5 Å². The van der Waals surface area contributed by atoms with E-state index < -0.39 is 44.1 Å². The molecule has 1 atom stereocenters. The summed E-state index contributed by atoms with van der Waals surface area (Å²) >= 11 is 5.85. The molecular weight excluding hydrogens is 343 g/mol. The van der Waals surface area contributed by atoms with Crippen LogP contribution in [0.3, 0.4) is 0 Å². The molecule has 0 aliphatic carbocycles. The Kier molecular flexibility index (Phi) is 5.54. The van der Waals surface area contributed by atoms with Crippen LogP contribution in [0.5, 0.6) is 0 Å². The van der Waals surface area contributed by atoms with Crippen LogP contribution in [0.1, 0.15) is 12.5 Å². The van der Waals surface area contributed by atoms with E-state index in [4.69, 9.17) is 11.6 Å². The number of hydrogen-bond donors (Lipinski definition) is 0. The fourth-order valence-corrected chi connectivity index (χ4v) is 2.07. The van der Waals surface area contributed by atoms with Gasteiger partial charge in [0.25, 0.3) is 11.4 Å². The minimum Gasteiger partial charge on any atom is -0.340 e. The number of halogens is 4. The molecule has 0 amide bonds. The van der Waals surface area contributed by atoms with Crippen LogP contribution in [0.15, 0.2) is 24.8 Å². The largest absolute Gasteiger partial charge is 0.416 e. The lowest BCUT2D eigenvalue weighted by Gasteiger charge is -2.25. The summed E-state index contributed by atoms with van der Waals surface area (Å²) in [6.45, 7) is 4.64. The maximum absolute atomic E-state index is 12.8. The first-order valence-electron chi connectivity index (χ1n) is 6.06. The molecule has 0 aliphatic rings. The van der Waals surface area contributed by atoms with E-state index in [9.17, 15) is 33.4 Å². The summed E-state index contributed by atoms with van der Waals surface area (Å²) in [4.78, 5) is 21.0. The third kappa shape index (κ3) is 4.09. The van der Waals surface area contributed by atoms with Crippen molar-refractivity contribution in [1.29, 1.82) is 0 Å². The first-order chi connectivity index (χ1) is 10.5. The summed E-state index contributed by atoms with van der Waals surface area (Å²) < 4.78 is 38.4. The van der Waals surface area contributed by atoms with Crippen molar-refractivity contribution in [2.24, 2.45) is 0 Å². The number of alkyl halides is 4. The smallest absolute Gasteiger partial charge is 0.340 e. The van der Waals surface area contributed by atoms with Gasteiger partial charge in [-0.1, -0.05) is 17.7 Å². The monoisotopic (exact) mass is 353 g/mol. The number of nitro groups is 2. The first kappa shape index (κ1) is 18.7. The van der Waals surface area contributed by atoms with Gasteiger partial charge in [0.1, 0.15) is 5.50 Å². The summed E-state index contributed by atoms with van der Waals surface area (Å²) in [6.07, 6.45) is -3.70. The van der Waals surface area contributed by atoms with Gasteiger partial charge >= 0.3 is 6.18 Å². The van der Waals surface area contributed by atoms with Crippen LogP contribution in [0.25, 0.3) is 0 Å². The Balaban J connectivity index is 3.81. The Morgan fingerprint density at radius 2 is 1.74 bits per heavy atom. The third-order valence-corrected chi connectivity index (χ3v) is 3.07. The predicted octanol–water partition coefficient (Wildman–Crippen LogP) is 4.10. The van der Waals surface area contributed by atoms with Gasteiger partial charge in [0.15, 0.2) is 5.69 Å². The average Bonchev–Trinajstić information content (AvgIpc) is 2.41. The lowest BCUT2D eigenvalue weighted by molar-refractivity contribution is -0.393. The molecule has 0 N–H and O–H groups in total. The molecule has 0 saturated heterocycles. The van der Waals surface area contributed by atoms with Gasteiger partial charge in [-0.2, -0.15) is 13.2 Å². The van der Waals surface area contributed by atoms with E-state index in [1.165, 1.54) is 13.0 Å². The minimum atomic E-state index is -4.97. The van der Waals surface area contributed by atoms with E-state index in [0.717, 1.165) is 4.90 Å². The number of rotatable bonds is 6. The van der Waals surface area contributed by atoms with Crippen molar-refractivity contribution in [2.75, 3.05) is 11.4 Å². The van der Waals surface area contributed by atoms with E-state index in [-0.39, 0.29) is 18.7 Å². The predicted molar refractivity (Wildman–Crippen MR) is 77.6 cm³/mol. The molecule has 1 rings (SSSR count). The molecule has 0 radical (unpaired) electrons. The van der Waals surface area contributed by atoms with E-state index in [2.05, 4.69) is 6.58 Å². The van der Waals surface area contributed by atoms with Gasteiger partial charge in [-0.15, -0.1) is 6.58 Å². The highest BCUT2D eigenvalue weighted by Crippen LogP contribution is 2.43. The highest BCUT2D eigenvalue weighted by atomic mass is 35.5. The number of anilines is 1. The van der Waals surface area contributed by atoms with Crippen molar-refractivity contribution in [3.8, 4) is 0 Å². The highest BCUT2D eigenvalue weighted by molar-refractivity contribution is 6.21. The first-order valence-corrected chi connectivity index (χ1v) is 6.50. The van der Waals surface area contributed by atoms with Gasteiger partial charge in [0, 0.05) is 18.7 Å². The van der Waals surface area contributed by atoms with E-state index in [1.54, 1.807) is 0 Å². The quantitative estimate of drug-likeness (QED) is 0.252. The minimum absolute atomic E-state index is 0.127. The lowest BCUT2D eigenvalue weighted by atomic mass is 10.1. The second-order valence-electron chi connectivity index (χ2n) is 4.39. The lowest BCUT2D eigenvalue weighted by Crippen LogP contribution is -2.30. The van der Waals surface area contributed by atoms with E-state index >= 15 is 0 Å². The Bertz CT molecular complexity index is 614. The van der Waals surface area contributed by atoms with Crippen LogP contribution in [-0.4, -0.2) is 21.9 Å². The van der Waals surface area contributed by atoms with E-state index in [1.807, 2.05) is 0 Å². The SMILES string of the molecule is C=CCN(c1c([N+](=O)[O-])cc(C(F)(F)F)cc1[N+](=O)[O-])C(C)Cl. The Morgan fingerprint density at radius 1 is 1.30 bits per heavy atom. The summed E-state index contributed by atoms with van der Waals surface area (Å²) in [5, 5.41) is 22.3. The van der Waals surface area contributed by atoms with Gasteiger partial charge in [-0.25, -0.2) is 0 Å². The van der Waals surface area contributed by atoms with Gasteiger partial charge < -0.3 is 4.90 Å². The zero-order valence-corrected chi connectivity index (χ0v) is 12.5. The van der Waals surface area contributed by atoms with Crippen LogP contribution in [0.2, 0.25) is 0 Å². The number of nitro benzene ring substituents is 2. The van der Waals surface area contributed by atoms with Crippen LogP contribution >= 0.6 is 11.6 Å². The molecule has 1 aromatic carbocycles. The molecule has 0 bridgehead atoms. The van der Waals surface area contributed by atoms with Crippen molar-refractivity contribution < 1.29 is 23.0 Å². The maximum Gasteiger partial charge on any atom is 0.416 e. The molecule has 0 aliphatic heterocycles. The van der Waals surface area contributed by atoms with Crippen molar-refractivity contribution in [3.63, 3.8) is 0 Å². The Morgan fingerprint density at radius 3 is 2.00 bits per heavy atom. The zero-order chi connectivity index (χ0) is 17.9.